The summed E-state index contributed by atoms with van der Waals surface area (Å²) in [5.41, 5.74) is -3.19. The van der Waals surface area contributed by atoms with E-state index in [9.17, 15) is 44.7 Å². The lowest BCUT2D eigenvalue weighted by molar-refractivity contribution is -0.154. The summed E-state index contributed by atoms with van der Waals surface area (Å²) in [5.74, 6) is -15.5. The van der Waals surface area contributed by atoms with Gasteiger partial charge < -0.3 is 18.6 Å². The number of carbonyl (C=O) groups is 1. The molecule has 1 heterocycles. The normalized spacial score (nSPS) is 11.5. The van der Waals surface area contributed by atoms with Crippen molar-refractivity contribution in [2.45, 2.75) is 19.7 Å². The molecule has 0 amide bonds. The number of benzene rings is 3. The molecule has 3 aromatic carbocycles. The van der Waals surface area contributed by atoms with Crippen LogP contribution in [0.15, 0.2) is 51.7 Å². The molecule has 0 aliphatic rings. The summed E-state index contributed by atoms with van der Waals surface area (Å²) in [7, 11) is 0. The Kier molecular flexibility index (Phi) is 7.71. The lowest BCUT2D eigenvalue weighted by atomic mass is 10.1. The summed E-state index contributed by atoms with van der Waals surface area (Å²) in [6, 6.07) is 7.38. The molecule has 0 unspecified atom stereocenters. The Hall–Kier alpha value is -4.62. The highest BCUT2D eigenvalue weighted by Crippen LogP contribution is 2.39. The fraction of sp³-hybridized carbons (Fsp3) is 0.154. The minimum atomic E-state index is -5.24. The van der Waals surface area contributed by atoms with Crippen LogP contribution in [0.3, 0.4) is 0 Å². The van der Waals surface area contributed by atoms with E-state index in [1.165, 1.54) is 12.1 Å². The van der Waals surface area contributed by atoms with Gasteiger partial charge in [-0.05, 0) is 43.3 Å². The molecule has 1 aromatic heterocycles. The Morgan fingerprint density at radius 2 is 1.43 bits per heavy atom. The summed E-state index contributed by atoms with van der Waals surface area (Å²) >= 11 is 0. The molecule has 210 valence electrons. The van der Waals surface area contributed by atoms with Crippen LogP contribution in [-0.2, 0) is 17.5 Å². The second kappa shape index (κ2) is 10.9. The Balaban J connectivity index is 1.68. The average Bonchev–Trinajstić information content (AvgIpc) is 2.92. The van der Waals surface area contributed by atoms with E-state index in [1.807, 2.05) is 0 Å². The third kappa shape index (κ3) is 5.42. The summed E-state index contributed by atoms with van der Waals surface area (Å²) in [6.07, 6.45) is -5.24. The van der Waals surface area contributed by atoms with Gasteiger partial charge in [-0.1, -0.05) is 0 Å². The summed E-state index contributed by atoms with van der Waals surface area (Å²) in [6.45, 7) is 0.472. The van der Waals surface area contributed by atoms with Crippen LogP contribution in [0, 0.1) is 29.1 Å². The van der Waals surface area contributed by atoms with E-state index >= 15 is 0 Å². The molecule has 0 bridgehead atoms. The highest BCUT2D eigenvalue weighted by atomic mass is 19.4. The molecule has 0 radical (unpaired) electrons. The van der Waals surface area contributed by atoms with Crippen LogP contribution in [-0.4, -0.2) is 12.6 Å². The SMILES string of the molecule is CCOC(=O)c1ccc(Oc2c(C(F)(F)F)oc3cc(OCc4c(F)c(F)c(F)c(F)c4F)ccc3c2=O)cc1. The quantitative estimate of drug-likeness (QED) is 0.102. The zero-order valence-corrected chi connectivity index (χ0v) is 19.9. The second-order valence-electron chi connectivity index (χ2n) is 7.93. The Labute approximate surface area is 218 Å². The van der Waals surface area contributed by atoms with Gasteiger partial charge in [0.1, 0.15) is 23.7 Å². The van der Waals surface area contributed by atoms with Gasteiger partial charge in [-0.15, -0.1) is 0 Å². The van der Waals surface area contributed by atoms with E-state index in [-0.39, 0.29) is 17.9 Å². The Morgan fingerprint density at radius 1 is 0.850 bits per heavy atom. The van der Waals surface area contributed by atoms with E-state index in [2.05, 4.69) is 0 Å². The van der Waals surface area contributed by atoms with Crippen LogP contribution in [0.4, 0.5) is 35.1 Å². The minimum absolute atomic E-state index is 0.0780. The van der Waals surface area contributed by atoms with Crippen molar-refractivity contribution >= 4 is 16.9 Å². The fourth-order valence-electron chi connectivity index (χ4n) is 3.45. The van der Waals surface area contributed by atoms with Gasteiger partial charge in [0.05, 0.1) is 23.1 Å². The van der Waals surface area contributed by atoms with Gasteiger partial charge in [0, 0.05) is 6.07 Å². The van der Waals surface area contributed by atoms with Gasteiger partial charge in [-0.3, -0.25) is 4.79 Å². The van der Waals surface area contributed by atoms with Crippen LogP contribution in [0.2, 0.25) is 0 Å². The molecule has 40 heavy (non-hydrogen) atoms. The molecular weight excluding hydrogens is 560 g/mol. The molecule has 0 fully saturated rings. The van der Waals surface area contributed by atoms with Crippen molar-refractivity contribution in [2.75, 3.05) is 6.61 Å². The highest BCUT2D eigenvalue weighted by molar-refractivity contribution is 5.89. The predicted molar refractivity (Wildman–Crippen MR) is 121 cm³/mol. The largest absolute Gasteiger partial charge is 0.489 e. The minimum Gasteiger partial charge on any atom is -0.489 e. The molecule has 0 aliphatic carbocycles. The third-order valence-electron chi connectivity index (χ3n) is 5.35. The van der Waals surface area contributed by atoms with Gasteiger partial charge in [0.2, 0.25) is 17.0 Å². The Bertz CT molecular complexity index is 1630. The number of rotatable bonds is 7. The molecule has 0 N–H and O–H groups in total. The van der Waals surface area contributed by atoms with Crippen molar-refractivity contribution in [3.8, 4) is 17.2 Å². The monoisotopic (exact) mass is 574 g/mol. The number of hydrogen-bond acceptors (Lipinski definition) is 6. The van der Waals surface area contributed by atoms with Gasteiger partial charge in [0.25, 0.3) is 5.76 Å². The maximum Gasteiger partial charge on any atom is 0.453 e. The van der Waals surface area contributed by atoms with Crippen molar-refractivity contribution in [3.63, 3.8) is 0 Å². The van der Waals surface area contributed by atoms with E-state index in [1.54, 1.807) is 6.92 Å². The third-order valence-corrected chi connectivity index (χ3v) is 5.35. The number of fused-ring (bicyclic) bond motifs is 1. The topological polar surface area (TPSA) is 75.0 Å². The number of carbonyl (C=O) groups excluding carboxylic acids is 1. The van der Waals surface area contributed by atoms with Crippen LogP contribution in [0.25, 0.3) is 11.0 Å². The first kappa shape index (κ1) is 28.4. The maximum absolute atomic E-state index is 13.9. The fourth-order valence-corrected chi connectivity index (χ4v) is 3.45. The van der Waals surface area contributed by atoms with Gasteiger partial charge in [-0.25, -0.2) is 26.7 Å². The van der Waals surface area contributed by atoms with E-state index in [0.717, 1.165) is 30.3 Å². The number of ether oxygens (including phenoxy) is 3. The van der Waals surface area contributed by atoms with Crippen LogP contribution >= 0.6 is 0 Å². The highest BCUT2D eigenvalue weighted by Gasteiger charge is 2.40. The van der Waals surface area contributed by atoms with Gasteiger partial charge >= 0.3 is 12.1 Å². The van der Waals surface area contributed by atoms with Gasteiger partial charge in [0.15, 0.2) is 23.3 Å². The molecule has 4 rings (SSSR count). The maximum atomic E-state index is 13.9. The number of hydrogen-bond donors (Lipinski definition) is 0. The second-order valence-corrected chi connectivity index (χ2v) is 7.93. The zero-order valence-electron chi connectivity index (χ0n) is 19.9. The smallest absolute Gasteiger partial charge is 0.453 e. The number of alkyl halides is 3. The number of esters is 1. The Morgan fingerprint density at radius 3 is 2.00 bits per heavy atom. The van der Waals surface area contributed by atoms with E-state index in [4.69, 9.17) is 18.6 Å². The average molecular weight is 574 g/mol. The zero-order chi connectivity index (χ0) is 29.4. The van der Waals surface area contributed by atoms with Crippen LogP contribution in [0.1, 0.15) is 28.6 Å². The van der Waals surface area contributed by atoms with Crippen molar-refractivity contribution in [1.82, 2.24) is 0 Å². The molecule has 0 saturated heterocycles. The molecule has 0 spiro atoms. The molecule has 0 saturated carbocycles. The summed E-state index contributed by atoms with van der Waals surface area (Å²) < 4.78 is 129. The molecule has 0 aliphatic heterocycles. The molecule has 6 nitrogen and oxygen atoms in total. The number of halogens is 8. The first-order valence-electron chi connectivity index (χ1n) is 11.1. The lowest BCUT2D eigenvalue weighted by Crippen LogP contribution is -2.15. The summed E-state index contributed by atoms with van der Waals surface area (Å²) in [4.78, 5) is 24.7. The van der Waals surface area contributed by atoms with Crippen molar-refractivity contribution in [1.29, 1.82) is 0 Å². The molecule has 14 heteroatoms. The standard InChI is InChI=1S/C26H14F8O6/c1-2-37-25(36)11-3-5-12(6-4-11)39-23-22(35)14-8-7-13(9-16(14)40-24(23)26(32,33)34)38-10-15-17(27)19(29)21(31)20(30)18(15)28/h3-9H,2,10H2,1H3. The first-order chi connectivity index (χ1) is 18.8. The lowest BCUT2D eigenvalue weighted by Gasteiger charge is -2.14. The van der Waals surface area contributed by atoms with Gasteiger partial charge in [-0.2, -0.15) is 13.2 Å². The van der Waals surface area contributed by atoms with Crippen LogP contribution < -0.4 is 14.9 Å². The summed E-state index contributed by atoms with van der Waals surface area (Å²) in [5, 5.41) is -0.422. The molecular formula is C26H14F8O6. The molecule has 4 aromatic rings. The van der Waals surface area contributed by atoms with E-state index < -0.39 is 87.1 Å². The van der Waals surface area contributed by atoms with E-state index in [0.29, 0.717) is 0 Å². The van der Waals surface area contributed by atoms with Crippen LogP contribution in [0.5, 0.6) is 17.2 Å². The first-order valence-corrected chi connectivity index (χ1v) is 11.1. The predicted octanol–water partition coefficient (Wildman–Crippen LogP) is 7.06. The van der Waals surface area contributed by atoms with Crippen molar-refractivity contribution < 1.29 is 58.5 Å². The molecule has 0 atom stereocenters. The van der Waals surface area contributed by atoms with Crippen molar-refractivity contribution in [2.24, 2.45) is 0 Å². The van der Waals surface area contributed by atoms with Crippen molar-refractivity contribution in [3.05, 3.63) is 98.7 Å².